The van der Waals surface area contributed by atoms with E-state index in [1.165, 1.54) is 5.57 Å². The number of hydrogen-bond donors (Lipinski definition) is 0. The molecular formula is C11H17ClO. The van der Waals surface area contributed by atoms with Crippen LogP contribution < -0.4 is 0 Å². The van der Waals surface area contributed by atoms with Crippen molar-refractivity contribution in [2.24, 2.45) is 5.41 Å². The maximum Gasteiger partial charge on any atom is 0.222 e. The van der Waals surface area contributed by atoms with Gasteiger partial charge in [0.2, 0.25) is 5.24 Å². The SMILES string of the molecule is C/C=C(C)/C=C/C(C)(C)CC(=O)Cl. The van der Waals surface area contributed by atoms with Crippen molar-refractivity contribution in [1.82, 2.24) is 0 Å². The molecule has 0 saturated carbocycles. The zero-order chi connectivity index (χ0) is 10.5. The molecule has 0 aromatic rings. The molecule has 0 heterocycles. The first-order valence-corrected chi connectivity index (χ1v) is 4.75. The van der Waals surface area contributed by atoms with Crippen LogP contribution in [0.5, 0.6) is 0 Å². The van der Waals surface area contributed by atoms with Crippen LogP contribution in [0, 0.1) is 5.41 Å². The fourth-order valence-electron chi connectivity index (χ4n) is 0.870. The molecule has 0 fully saturated rings. The molecule has 0 amide bonds. The van der Waals surface area contributed by atoms with Crippen LogP contribution >= 0.6 is 11.6 Å². The molecule has 0 N–H and O–H groups in total. The molecule has 0 unspecified atom stereocenters. The van der Waals surface area contributed by atoms with Crippen LogP contribution in [0.2, 0.25) is 0 Å². The average Bonchev–Trinajstić information content (AvgIpc) is 1.98. The van der Waals surface area contributed by atoms with Gasteiger partial charge in [-0.1, -0.05) is 37.6 Å². The summed E-state index contributed by atoms with van der Waals surface area (Å²) in [5.74, 6) is 0. The third-order valence-electron chi connectivity index (χ3n) is 1.85. The second-order valence-corrected chi connectivity index (χ2v) is 4.31. The fraction of sp³-hybridized carbons (Fsp3) is 0.545. The Morgan fingerprint density at radius 1 is 1.46 bits per heavy atom. The van der Waals surface area contributed by atoms with E-state index in [1.807, 2.05) is 45.9 Å². The van der Waals surface area contributed by atoms with E-state index in [-0.39, 0.29) is 10.7 Å². The van der Waals surface area contributed by atoms with Gasteiger partial charge < -0.3 is 0 Å². The third kappa shape index (κ3) is 6.59. The summed E-state index contributed by atoms with van der Waals surface area (Å²) in [5.41, 5.74) is 1.04. The number of carbonyl (C=O) groups excluding carboxylic acids is 1. The molecule has 1 nitrogen and oxygen atoms in total. The highest BCUT2D eigenvalue weighted by Crippen LogP contribution is 2.23. The Kier molecular flexibility index (Phi) is 5.01. The minimum Gasteiger partial charge on any atom is -0.281 e. The van der Waals surface area contributed by atoms with Gasteiger partial charge in [0.1, 0.15) is 0 Å². The molecule has 74 valence electrons. The number of allylic oxidation sites excluding steroid dienone is 4. The van der Waals surface area contributed by atoms with Crippen LogP contribution in [0.4, 0.5) is 0 Å². The quantitative estimate of drug-likeness (QED) is 0.500. The van der Waals surface area contributed by atoms with Crippen LogP contribution in [0.25, 0.3) is 0 Å². The summed E-state index contributed by atoms with van der Waals surface area (Å²) >= 11 is 5.32. The van der Waals surface area contributed by atoms with E-state index in [0.29, 0.717) is 6.42 Å². The second-order valence-electron chi connectivity index (χ2n) is 3.89. The minimum absolute atomic E-state index is 0.150. The van der Waals surface area contributed by atoms with E-state index >= 15 is 0 Å². The van der Waals surface area contributed by atoms with Crippen LogP contribution in [-0.4, -0.2) is 5.24 Å². The average molecular weight is 201 g/mol. The molecule has 0 bridgehead atoms. The molecule has 0 aliphatic rings. The minimum atomic E-state index is -0.284. The lowest BCUT2D eigenvalue weighted by molar-refractivity contribution is -0.112. The Hall–Kier alpha value is -0.560. The van der Waals surface area contributed by atoms with Crippen molar-refractivity contribution >= 4 is 16.8 Å². The largest absolute Gasteiger partial charge is 0.281 e. The first-order valence-electron chi connectivity index (χ1n) is 4.38. The molecule has 0 atom stereocenters. The molecule has 0 aliphatic heterocycles. The normalized spacial score (nSPS) is 13.8. The van der Waals surface area contributed by atoms with E-state index in [9.17, 15) is 4.79 Å². The summed E-state index contributed by atoms with van der Waals surface area (Å²) in [4.78, 5) is 10.7. The summed E-state index contributed by atoms with van der Waals surface area (Å²) in [5, 5.41) is -0.284. The second kappa shape index (κ2) is 5.23. The lowest BCUT2D eigenvalue weighted by Gasteiger charge is -2.17. The van der Waals surface area contributed by atoms with Crippen molar-refractivity contribution in [2.45, 2.75) is 34.1 Å². The van der Waals surface area contributed by atoms with E-state index < -0.39 is 0 Å². The molecule has 0 rings (SSSR count). The molecule has 0 radical (unpaired) electrons. The predicted octanol–water partition coefficient (Wildman–Crippen LogP) is 3.69. The Labute approximate surface area is 85.5 Å². The molecule has 0 aromatic heterocycles. The van der Waals surface area contributed by atoms with Crippen molar-refractivity contribution in [3.8, 4) is 0 Å². The lowest BCUT2D eigenvalue weighted by Crippen LogP contribution is -2.10. The Morgan fingerprint density at radius 2 is 2.00 bits per heavy atom. The highest BCUT2D eigenvalue weighted by atomic mass is 35.5. The van der Waals surface area contributed by atoms with Gasteiger partial charge in [-0.2, -0.15) is 0 Å². The van der Waals surface area contributed by atoms with Crippen LogP contribution in [0.3, 0.4) is 0 Å². The number of hydrogen-bond acceptors (Lipinski definition) is 1. The highest BCUT2D eigenvalue weighted by molar-refractivity contribution is 6.63. The van der Waals surface area contributed by atoms with Gasteiger partial charge in [0.05, 0.1) is 0 Å². The summed E-state index contributed by atoms with van der Waals surface area (Å²) in [6.45, 7) is 7.99. The topological polar surface area (TPSA) is 17.1 Å². The zero-order valence-electron chi connectivity index (χ0n) is 8.73. The van der Waals surface area contributed by atoms with Gasteiger partial charge in [-0.25, -0.2) is 0 Å². The first kappa shape index (κ1) is 12.4. The fourth-order valence-corrected chi connectivity index (χ4v) is 1.21. The van der Waals surface area contributed by atoms with Crippen molar-refractivity contribution in [1.29, 1.82) is 0 Å². The zero-order valence-corrected chi connectivity index (χ0v) is 9.48. The van der Waals surface area contributed by atoms with E-state index in [2.05, 4.69) is 0 Å². The predicted molar refractivity (Wildman–Crippen MR) is 57.8 cm³/mol. The highest BCUT2D eigenvalue weighted by Gasteiger charge is 2.16. The Balaban J connectivity index is 4.32. The van der Waals surface area contributed by atoms with Gasteiger partial charge >= 0.3 is 0 Å². The van der Waals surface area contributed by atoms with E-state index in [4.69, 9.17) is 11.6 Å². The Bertz CT molecular complexity index is 236. The monoisotopic (exact) mass is 200 g/mol. The molecular weight excluding hydrogens is 184 g/mol. The summed E-state index contributed by atoms with van der Waals surface area (Å²) in [6.07, 6.45) is 6.43. The number of rotatable bonds is 4. The van der Waals surface area contributed by atoms with Crippen LogP contribution in [-0.2, 0) is 4.79 Å². The van der Waals surface area contributed by atoms with Crippen molar-refractivity contribution in [2.75, 3.05) is 0 Å². The summed E-state index contributed by atoms with van der Waals surface area (Å²) in [7, 11) is 0. The molecule has 0 spiro atoms. The summed E-state index contributed by atoms with van der Waals surface area (Å²) in [6, 6.07) is 0. The maximum atomic E-state index is 10.7. The molecule has 0 aromatic carbocycles. The number of carbonyl (C=O) groups is 1. The van der Waals surface area contributed by atoms with Gasteiger partial charge in [0.15, 0.2) is 0 Å². The van der Waals surface area contributed by atoms with Gasteiger partial charge in [0, 0.05) is 6.42 Å². The van der Waals surface area contributed by atoms with Gasteiger partial charge in [-0.15, -0.1) is 0 Å². The molecule has 2 heteroatoms. The molecule has 0 saturated heterocycles. The third-order valence-corrected chi connectivity index (χ3v) is 1.98. The summed E-state index contributed by atoms with van der Waals surface area (Å²) < 4.78 is 0. The van der Waals surface area contributed by atoms with Gasteiger partial charge in [0.25, 0.3) is 0 Å². The van der Waals surface area contributed by atoms with Gasteiger partial charge in [-0.3, -0.25) is 4.79 Å². The van der Waals surface area contributed by atoms with Crippen molar-refractivity contribution < 1.29 is 4.79 Å². The lowest BCUT2D eigenvalue weighted by atomic mass is 9.89. The molecule has 13 heavy (non-hydrogen) atoms. The first-order chi connectivity index (χ1) is 5.87. The van der Waals surface area contributed by atoms with Gasteiger partial charge in [-0.05, 0) is 30.9 Å². The smallest absolute Gasteiger partial charge is 0.222 e. The van der Waals surface area contributed by atoms with Crippen LogP contribution in [0.1, 0.15) is 34.1 Å². The van der Waals surface area contributed by atoms with Crippen LogP contribution in [0.15, 0.2) is 23.8 Å². The van der Waals surface area contributed by atoms with Crippen molar-refractivity contribution in [3.05, 3.63) is 23.8 Å². The molecule has 0 aliphatic carbocycles. The Morgan fingerprint density at radius 3 is 2.38 bits per heavy atom. The standard InChI is InChI=1S/C11H17ClO/c1-5-9(2)6-7-11(3,4)8-10(12)13/h5-7H,8H2,1-4H3/b7-6+,9-5+. The number of halogens is 1. The van der Waals surface area contributed by atoms with E-state index in [1.54, 1.807) is 0 Å². The maximum absolute atomic E-state index is 10.7. The van der Waals surface area contributed by atoms with E-state index in [0.717, 1.165) is 0 Å². The van der Waals surface area contributed by atoms with Crippen molar-refractivity contribution in [3.63, 3.8) is 0 Å².